The Morgan fingerprint density at radius 3 is 2.56 bits per heavy atom. The monoisotopic (exact) mass is 234 g/mol. The molecule has 0 aliphatic heterocycles. The molecule has 1 aromatic heterocycles. The summed E-state index contributed by atoms with van der Waals surface area (Å²) in [6.07, 6.45) is 0. The van der Waals surface area contributed by atoms with Gasteiger partial charge in [-0.3, -0.25) is 4.79 Å². The molecule has 2 aromatic rings. The van der Waals surface area contributed by atoms with Crippen LogP contribution in [0.1, 0.15) is 9.67 Å². The van der Waals surface area contributed by atoms with Crippen LogP contribution in [-0.4, -0.2) is 38.0 Å². The maximum Gasteiger partial charge on any atom is 0.226 e. The highest BCUT2D eigenvalue weighted by molar-refractivity contribution is 7.20. The van der Waals surface area contributed by atoms with Crippen molar-refractivity contribution in [2.24, 2.45) is 0 Å². The third kappa shape index (κ3) is 2.49. The number of benzene rings is 1. The number of likely N-dealkylation sites (N-methyl/N-ethyl adjacent to an activating group) is 1. The first-order valence-electron chi connectivity index (χ1n) is 5.28. The molecule has 0 saturated carbocycles. The number of carbonyl (C=O) groups is 1. The van der Waals surface area contributed by atoms with Gasteiger partial charge >= 0.3 is 0 Å². The molecular formula is C13H16NOS+. The molecule has 0 bridgehead atoms. The summed E-state index contributed by atoms with van der Waals surface area (Å²) < 4.78 is 1.86. The average Bonchev–Trinajstić information content (AvgIpc) is 2.58. The van der Waals surface area contributed by atoms with Crippen LogP contribution < -0.4 is 0 Å². The lowest BCUT2D eigenvalue weighted by molar-refractivity contribution is -0.861. The fourth-order valence-electron chi connectivity index (χ4n) is 1.63. The van der Waals surface area contributed by atoms with Crippen LogP contribution in [0.25, 0.3) is 10.1 Å². The number of Topliss-reactive ketones (excluding diaryl/α,β-unsaturated/α-hetero) is 1. The normalized spacial score (nSPS) is 11.9. The molecule has 0 atom stereocenters. The molecule has 0 unspecified atom stereocenters. The predicted molar refractivity (Wildman–Crippen MR) is 69.1 cm³/mol. The molecule has 2 nitrogen and oxygen atoms in total. The minimum atomic E-state index is 0.230. The highest BCUT2D eigenvalue weighted by Crippen LogP contribution is 2.25. The van der Waals surface area contributed by atoms with Crippen molar-refractivity contribution < 1.29 is 9.28 Å². The minimum Gasteiger partial charge on any atom is -0.324 e. The first-order chi connectivity index (χ1) is 7.46. The number of quaternary nitrogens is 1. The lowest BCUT2D eigenvalue weighted by atomic mass is 10.2. The fourth-order valence-corrected chi connectivity index (χ4v) is 2.62. The lowest BCUT2D eigenvalue weighted by Gasteiger charge is -2.22. The van der Waals surface area contributed by atoms with Crippen LogP contribution in [0, 0.1) is 0 Å². The second-order valence-corrected chi connectivity index (χ2v) is 6.10. The lowest BCUT2D eigenvalue weighted by Crippen LogP contribution is -2.39. The standard InChI is InChI=1S/C13H16NOS/c1-14(2,3)9-11(15)13-8-10-6-4-5-7-12(10)16-13/h4-8H,9H2,1-3H3/q+1. The average molecular weight is 234 g/mol. The number of ketones is 1. The molecule has 0 N–H and O–H groups in total. The highest BCUT2D eigenvalue weighted by atomic mass is 32.1. The van der Waals surface area contributed by atoms with Crippen molar-refractivity contribution in [3.8, 4) is 0 Å². The van der Waals surface area contributed by atoms with Crippen LogP contribution in [0.3, 0.4) is 0 Å². The predicted octanol–water partition coefficient (Wildman–Crippen LogP) is 2.79. The number of hydrogen-bond acceptors (Lipinski definition) is 2. The number of thiophene rings is 1. The number of carbonyl (C=O) groups excluding carboxylic acids is 1. The van der Waals surface area contributed by atoms with Gasteiger partial charge < -0.3 is 4.48 Å². The van der Waals surface area contributed by atoms with Crippen molar-refractivity contribution in [1.29, 1.82) is 0 Å². The summed E-state index contributed by atoms with van der Waals surface area (Å²) in [5, 5.41) is 1.16. The van der Waals surface area contributed by atoms with Crippen LogP contribution in [0.15, 0.2) is 30.3 Å². The van der Waals surface area contributed by atoms with Gasteiger partial charge in [0.25, 0.3) is 0 Å². The van der Waals surface area contributed by atoms with E-state index >= 15 is 0 Å². The Bertz CT molecular complexity index is 489. The third-order valence-corrected chi connectivity index (χ3v) is 3.48. The largest absolute Gasteiger partial charge is 0.324 e. The van der Waals surface area contributed by atoms with Gasteiger partial charge in [0.15, 0.2) is 0 Å². The van der Waals surface area contributed by atoms with Crippen LogP contribution in [0.2, 0.25) is 0 Å². The molecule has 0 amide bonds. The second kappa shape index (κ2) is 4.00. The topological polar surface area (TPSA) is 17.1 Å². The SMILES string of the molecule is C[N+](C)(C)CC(=O)c1cc2ccccc2s1. The molecule has 1 heterocycles. The number of rotatable bonds is 3. The van der Waals surface area contributed by atoms with Gasteiger partial charge in [0.2, 0.25) is 5.78 Å². The van der Waals surface area contributed by atoms with Gasteiger partial charge in [-0.2, -0.15) is 0 Å². The second-order valence-electron chi connectivity index (χ2n) is 5.02. The van der Waals surface area contributed by atoms with Crippen molar-refractivity contribution in [3.63, 3.8) is 0 Å². The fraction of sp³-hybridized carbons (Fsp3) is 0.308. The first kappa shape index (κ1) is 11.3. The molecule has 0 spiro atoms. The van der Waals surface area contributed by atoms with Crippen molar-refractivity contribution in [1.82, 2.24) is 0 Å². The zero-order valence-corrected chi connectivity index (χ0v) is 10.7. The molecule has 1 aromatic carbocycles. The van der Waals surface area contributed by atoms with Gasteiger partial charge in [0, 0.05) is 4.70 Å². The van der Waals surface area contributed by atoms with Crippen LogP contribution in [0.5, 0.6) is 0 Å². The minimum absolute atomic E-state index is 0.230. The summed E-state index contributed by atoms with van der Waals surface area (Å²) in [6, 6.07) is 10.1. The van der Waals surface area contributed by atoms with E-state index in [-0.39, 0.29) is 5.78 Å². The number of nitrogens with zero attached hydrogens (tertiary/aromatic N) is 1. The van der Waals surface area contributed by atoms with Gasteiger partial charge in [0.05, 0.1) is 26.0 Å². The quantitative estimate of drug-likeness (QED) is 0.589. The maximum atomic E-state index is 12.0. The highest BCUT2D eigenvalue weighted by Gasteiger charge is 2.18. The smallest absolute Gasteiger partial charge is 0.226 e. The van der Waals surface area contributed by atoms with Gasteiger partial charge in [-0.25, -0.2) is 0 Å². The molecule has 3 heteroatoms. The summed E-state index contributed by atoms with van der Waals surface area (Å²) in [7, 11) is 6.10. The van der Waals surface area contributed by atoms with Crippen molar-refractivity contribution in [2.45, 2.75) is 0 Å². The first-order valence-corrected chi connectivity index (χ1v) is 6.09. The molecule has 2 rings (SSSR count). The Hall–Kier alpha value is -1.19. The Morgan fingerprint density at radius 1 is 1.25 bits per heavy atom. The van der Waals surface area contributed by atoms with E-state index in [1.165, 1.54) is 4.70 Å². The van der Waals surface area contributed by atoms with E-state index in [0.29, 0.717) is 11.0 Å². The molecule has 16 heavy (non-hydrogen) atoms. The van der Waals surface area contributed by atoms with Crippen molar-refractivity contribution >= 4 is 27.2 Å². The van der Waals surface area contributed by atoms with E-state index in [1.807, 2.05) is 39.3 Å². The Labute approximate surface area is 99.7 Å². The molecule has 84 valence electrons. The van der Waals surface area contributed by atoms with Crippen molar-refractivity contribution in [2.75, 3.05) is 27.7 Å². The van der Waals surface area contributed by atoms with E-state index in [4.69, 9.17) is 0 Å². The van der Waals surface area contributed by atoms with Crippen molar-refractivity contribution in [3.05, 3.63) is 35.2 Å². The third-order valence-electron chi connectivity index (χ3n) is 2.32. The molecule has 0 saturated heterocycles. The van der Waals surface area contributed by atoms with Crippen LogP contribution in [0.4, 0.5) is 0 Å². The van der Waals surface area contributed by atoms with Gasteiger partial charge in [-0.1, -0.05) is 18.2 Å². The molecule has 0 radical (unpaired) electrons. The van der Waals surface area contributed by atoms with Crippen LogP contribution >= 0.6 is 11.3 Å². The van der Waals surface area contributed by atoms with Gasteiger partial charge in [-0.15, -0.1) is 11.3 Å². The Kier molecular flexibility index (Phi) is 2.82. The zero-order valence-electron chi connectivity index (χ0n) is 9.86. The van der Waals surface area contributed by atoms with E-state index in [1.54, 1.807) is 11.3 Å². The molecule has 0 aliphatic rings. The molecule has 0 fully saturated rings. The van der Waals surface area contributed by atoms with Gasteiger partial charge in [-0.05, 0) is 17.5 Å². The van der Waals surface area contributed by atoms with E-state index < -0.39 is 0 Å². The summed E-state index contributed by atoms with van der Waals surface area (Å²) in [6.45, 7) is 0.548. The van der Waals surface area contributed by atoms with E-state index in [9.17, 15) is 4.79 Å². The van der Waals surface area contributed by atoms with E-state index in [0.717, 1.165) is 10.3 Å². The summed E-state index contributed by atoms with van der Waals surface area (Å²) in [5.74, 6) is 0.230. The molecule has 0 aliphatic carbocycles. The van der Waals surface area contributed by atoms with Crippen LogP contribution in [-0.2, 0) is 0 Å². The maximum absolute atomic E-state index is 12.0. The summed E-state index contributed by atoms with van der Waals surface area (Å²) >= 11 is 1.59. The molecular weight excluding hydrogens is 218 g/mol. The number of fused-ring (bicyclic) bond motifs is 1. The zero-order chi connectivity index (χ0) is 11.8. The summed E-state index contributed by atoms with van der Waals surface area (Å²) in [5.41, 5.74) is 0. The van der Waals surface area contributed by atoms with E-state index in [2.05, 4.69) is 12.1 Å². The summed E-state index contributed by atoms with van der Waals surface area (Å²) in [4.78, 5) is 12.9. The Morgan fingerprint density at radius 2 is 1.94 bits per heavy atom. The number of hydrogen-bond donors (Lipinski definition) is 0. The van der Waals surface area contributed by atoms with Gasteiger partial charge in [0.1, 0.15) is 6.54 Å². The Balaban J connectivity index is 2.30.